The molecule has 2 rings (SSSR count). The molecule has 0 saturated heterocycles. The van der Waals surface area contributed by atoms with Crippen LogP contribution in [0.3, 0.4) is 0 Å². The van der Waals surface area contributed by atoms with Crippen molar-refractivity contribution in [2.45, 2.75) is 6.92 Å². The van der Waals surface area contributed by atoms with Gasteiger partial charge in [-0.15, -0.1) is 0 Å². The van der Waals surface area contributed by atoms with Gasteiger partial charge in [0.05, 0.1) is 35.5 Å². The second-order valence-corrected chi connectivity index (χ2v) is 5.02. The van der Waals surface area contributed by atoms with Crippen molar-refractivity contribution in [2.24, 2.45) is 0 Å². The fourth-order valence-electron chi connectivity index (χ4n) is 2.18. The molecule has 0 fully saturated rings. The number of pyridine rings is 1. The number of carbonyl (C=O) groups excluding carboxylic acids is 2. The molecule has 0 unspecified atom stereocenters. The summed E-state index contributed by atoms with van der Waals surface area (Å²) in [5.74, 6) is -1.22. The van der Waals surface area contributed by atoms with Crippen molar-refractivity contribution in [3.05, 3.63) is 69.0 Å². The molecule has 0 saturated carbocycles. The standard InChI is InChI=1S/C18H16N2O6/c1-3-26-18(22)15-10-13(20(23)24)11-19-16(15)9-8-12-6-4-5-7-14(12)17(21)25-2/h4-11H,3H2,1-2H3/b9-8+. The van der Waals surface area contributed by atoms with Crippen LogP contribution in [-0.2, 0) is 9.47 Å². The van der Waals surface area contributed by atoms with E-state index in [0.29, 0.717) is 11.1 Å². The summed E-state index contributed by atoms with van der Waals surface area (Å²) < 4.78 is 9.65. The van der Waals surface area contributed by atoms with Gasteiger partial charge in [0, 0.05) is 6.07 Å². The van der Waals surface area contributed by atoms with Gasteiger partial charge in [0.15, 0.2) is 0 Å². The Morgan fingerprint density at radius 2 is 1.92 bits per heavy atom. The number of ether oxygens (including phenoxy) is 2. The first-order valence-corrected chi connectivity index (χ1v) is 7.65. The average Bonchev–Trinajstić information content (AvgIpc) is 2.65. The number of hydrogen-bond donors (Lipinski definition) is 0. The highest BCUT2D eigenvalue weighted by Crippen LogP contribution is 2.20. The van der Waals surface area contributed by atoms with Gasteiger partial charge in [-0.3, -0.25) is 10.1 Å². The molecule has 0 radical (unpaired) electrons. The molecule has 0 bridgehead atoms. The molecule has 26 heavy (non-hydrogen) atoms. The maximum absolute atomic E-state index is 12.1. The summed E-state index contributed by atoms with van der Waals surface area (Å²) in [7, 11) is 1.28. The summed E-state index contributed by atoms with van der Waals surface area (Å²) in [4.78, 5) is 38.1. The molecule has 1 heterocycles. The van der Waals surface area contributed by atoms with Gasteiger partial charge in [-0.05, 0) is 24.6 Å². The Balaban J connectivity index is 2.46. The molecule has 0 aliphatic heterocycles. The molecule has 1 aromatic carbocycles. The smallest absolute Gasteiger partial charge is 0.340 e. The summed E-state index contributed by atoms with van der Waals surface area (Å²) in [6.07, 6.45) is 4.11. The van der Waals surface area contributed by atoms with Crippen LogP contribution in [0.2, 0.25) is 0 Å². The molecule has 0 spiro atoms. The Morgan fingerprint density at radius 3 is 2.58 bits per heavy atom. The Labute approximate surface area is 149 Å². The number of nitro groups is 1. The minimum absolute atomic E-state index is 0.0344. The van der Waals surface area contributed by atoms with Crippen molar-refractivity contribution in [2.75, 3.05) is 13.7 Å². The fraction of sp³-hybridized carbons (Fsp3) is 0.167. The fourth-order valence-corrected chi connectivity index (χ4v) is 2.18. The maximum Gasteiger partial charge on any atom is 0.340 e. The highest BCUT2D eigenvalue weighted by atomic mass is 16.6. The van der Waals surface area contributed by atoms with E-state index >= 15 is 0 Å². The van der Waals surface area contributed by atoms with Crippen LogP contribution in [0.15, 0.2) is 36.5 Å². The van der Waals surface area contributed by atoms with Gasteiger partial charge in [-0.2, -0.15) is 0 Å². The Bertz CT molecular complexity index is 876. The van der Waals surface area contributed by atoms with Crippen LogP contribution >= 0.6 is 0 Å². The molecule has 8 nitrogen and oxygen atoms in total. The van der Waals surface area contributed by atoms with Crippen molar-refractivity contribution in [1.82, 2.24) is 4.98 Å². The number of hydrogen-bond acceptors (Lipinski definition) is 7. The maximum atomic E-state index is 12.1. The first-order valence-electron chi connectivity index (χ1n) is 7.65. The monoisotopic (exact) mass is 356 g/mol. The number of rotatable bonds is 6. The summed E-state index contributed by atoms with van der Waals surface area (Å²) in [5, 5.41) is 10.9. The first-order chi connectivity index (χ1) is 12.5. The van der Waals surface area contributed by atoms with Crippen LogP contribution in [0.25, 0.3) is 12.2 Å². The number of esters is 2. The molecule has 0 aliphatic carbocycles. The third-order valence-corrected chi connectivity index (χ3v) is 3.40. The number of nitrogens with zero attached hydrogens (tertiary/aromatic N) is 2. The van der Waals surface area contributed by atoms with Crippen LogP contribution in [0, 0.1) is 10.1 Å². The van der Waals surface area contributed by atoms with Crippen LogP contribution in [0.4, 0.5) is 5.69 Å². The molecule has 0 aliphatic rings. The zero-order valence-electron chi connectivity index (χ0n) is 14.2. The van der Waals surface area contributed by atoms with E-state index in [1.54, 1.807) is 37.3 Å². The lowest BCUT2D eigenvalue weighted by atomic mass is 10.1. The summed E-state index contributed by atoms with van der Waals surface area (Å²) >= 11 is 0. The first kappa shape index (κ1) is 18.8. The van der Waals surface area contributed by atoms with Gasteiger partial charge in [-0.25, -0.2) is 14.6 Å². The van der Waals surface area contributed by atoms with Gasteiger partial charge >= 0.3 is 11.9 Å². The number of aromatic nitrogens is 1. The normalized spacial score (nSPS) is 10.5. The third-order valence-electron chi connectivity index (χ3n) is 3.40. The number of methoxy groups -OCH3 is 1. The van der Waals surface area contributed by atoms with Crippen molar-refractivity contribution < 1.29 is 24.0 Å². The van der Waals surface area contributed by atoms with Gasteiger partial charge < -0.3 is 9.47 Å². The molecular formula is C18H16N2O6. The summed E-state index contributed by atoms with van der Waals surface area (Å²) in [6, 6.07) is 7.83. The van der Waals surface area contributed by atoms with Crippen LogP contribution in [0.5, 0.6) is 0 Å². The van der Waals surface area contributed by atoms with E-state index in [9.17, 15) is 19.7 Å². The predicted octanol–water partition coefficient (Wildman–Crippen LogP) is 3.12. The second kappa shape index (κ2) is 8.52. The van der Waals surface area contributed by atoms with Crippen LogP contribution in [-0.4, -0.2) is 35.6 Å². The van der Waals surface area contributed by atoms with E-state index in [0.717, 1.165) is 12.3 Å². The van der Waals surface area contributed by atoms with E-state index in [1.807, 2.05) is 0 Å². The molecule has 2 aromatic rings. The van der Waals surface area contributed by atoms with E-state index in [2.05, 4.69) is 4.98 Å². The molecule has 0 amide bonds. The van der Waals surface area contributed by atoms with E-state index in [1.165, 1.54) is 13.2 Å². The topological polar surface area (TPSA) is 109 Å². The van der Waals surface area contributed by atoms with Crippen LogP contribution < -0.4 is 0 Å². The third kappa shape index (κ3) is 4.29. The Kier molecular flexibility index (Phi) is 6.15. The highest BCUT2D eigenvalue weighted by molar-refractivity contribution is 5.97. The largest absolute Gasteiger partial charge is 0.465 e. The Hall–Kier alpha value is -3.55. The molecule has 134 valence electrons. The Morgan fingerprint density at radius 1 is 1.19 bits per heavy atom. The average molecular weight is 356 g/mol. The van der Waals surface area contributed by atoms with E-state index < -0.39 is 16.9 Å². The molecule has 1 aromatic heterocycles. The summed E-state index contributed by atoms with van der Waals surface area (Å²) in [5.41, 5.74) is 0.724. The predicted molar refractivity (Wildman–Crippen MR) is 93.6 cm³/mol. The molecular weight excluding hydrogens is 340 g/mol. The minimum atomic E-state index is -0.718. The van der Waals surface area contributed by atoms with Gasteiger partial charge in [0.25, 0.3) is 5.69 Å². The zero-order chi connectivity index (χ0) is 19.1. The number of carbonyl (C=O) groups is 2. The van der Waals surface area contributed by atoms with E-state index in [-0.39, 0.29) is 23.6 Å². The minimum Gasteiger partial charge on any atom is -0.465 e. The lowest BCUT2D eigenvalue weighted by molar-refractivity contribution is -0.385. The van der Waals surface area contributed by atoms with Crippen molar-refractivity contribution in [3.8, 4) is 0 Å². The zero-order valence-corrected chi connectivity index (χ0v) is 14.2. The number of benzene rings is 1. The van der Waals surface area contributed by atoms with Gasteiger partial charge in [0.2, 0.25) is 0 Å². The van der Waals surface area contributed by atoms with Crippen molar-refractivity contribution in [1.29, 1.82) is 0 Å². The van der Waals surface area contributed by atoms with Crippen molar-refractivity contribution in [3.63, 3.8) is 0 Å². The van der Waals surface area contributed by atoms with Gasteiger partial charge in [-0.1, -0.05) is 24.3 Å². The summed E-state index contributed by atoms with van der Waals surface area (Å²) in [6.45, 7) is 1.75. The van der Waals surface area contributed by atoms with Gasteiger partial charge in [0.1, 0.15) is 6.20 Å². The lowest BCUT2D eigenvalue weighted by Crippen LogP contribution is -2.08. The van der Waals surface area contributed by atoms with E-state index in [4.69, 9.17) is 9.47 Å². The molecule has 8 heteroatoms. The molecule has 0 N–H and O–H groups in total. The lowest BCUT2D eigenvalue weighted by Gasteiger charge is -2.06. The highest BCUT2D eigenvalue weighted by Gasteiger charge is 2.18. The SMILES string of the molecule is CCOC(=O)c1cc([N+](=O)[O-])cnc1/C=C/c1ccccc1C(=O)OC. The molecule has 0 atom stereocenters. The van der Waals surface area contributed by atoms with Crippen LogP contribution in [0.1, 0.15) is 38.9 Å². The second-order valence-electron chi connectivity index (χ2n) is 5.02. The quantitative estimate of drug-likeness (QED) is 0.444. The van der Waals surface area contributed by atoms with Crippen molar-refractivity contribution >= 4 is 29.8 Å².